The highest BCUT2D eigenvalue weighted by Gasteiger charge is 2.53. The third-order valence-electron chi connectivity index (χ3n) is 3.46. The second-order valence-corrected chi connectivity index (χ2v) is 6.07. The van der Waals surface area contributed by atoms with Gasteiger partial charge in [-0.3, -0.25) is 0 Å². The minimum absolute atomic E-state index is 0.395. The summed E-state index contributed by atoms with van der Waals surface area (Å²) in [5, 5.41) is 0. The van der Waals surface area contributed by atoms with E-state index in [2.05, 4.69) is 31.9 Å². The van der Waals surface area contributed by atoms with Crippen molar-refractivity contribution in [1.82, 2.24) is 4.48 Å². The van der Waals surface area contributed by atoms with E-state index in [1.165, 1.54) is 0 Å². The van der Waals surface area contributed by atoms with Gasteiger partial charge in [0.2, 0.25) is 0 Å². The molecular formula is C11H9BBr2F2N2. The van der Waals surface area contributed by atoms with Gasteiger partial charge in [0.25, 0.3) is 0 Å². The van der Waals surface area contributed by atoms with Gasteiger partial charge in [0.1, 0.15) is 5.71 Å². The summed E-state index contributed by atoms with van der Waals surface area (Å²) in [4.78, 5) is 0. The number of rotatable bonds is 0. The lowest BCUT2D eigenvalue weighted by molar-refractivity contribution is -0.363. The first-order chi connectivity index (χ1) is 8.35. The molecule has 0 saturated carbocycles. The molecule has 18 heavy (non-hydrogen) atoms. The van der Waals surface area contributed by atoms with Crippen LogP contribution in [-0.2, 0) is 0 Å². The average molecular weight is 378 g/mol. The molecular weight excluding hydrogens is 369 g/mol. The fourth-order valence-corrected chi connectivity index (χ4v) is 3.55. The second kappa shape index (κ2) is 3.66. The number of aromatic nitrogens is 1. The molecule has 0 radical (unpaired) electrons. The molecule has 3 heterocycles. The van der Waals surface area contributed by atoms with Gasteiger partial charge in [-0.1, -0.05) is 0 Å². The maximum absolute atomic E-state index is 14.7. The highest BCUT2D eigenvalue weighted by atomic mass is 79.9. The van der Waals surface area contributed by atoms with Crippen molar-refractivity contribution in [2.45, 2.75) is 13.8 Å². The Hall–Kier alpha value is -0.685. The summed E-state index contributed by atoms with van der Waals surface area (Å²) < 4.78 is 32.6. The summed E-state index contributed by atoms with van der Waals surface area (Å²) in [6, 6.07) is 3.34. The lowest BCUT2D eigenvalue weighted by Gasteiger charge is -2.29. The third kappa shape index (κ3) is 1.34. The van der Waals surface area contributed by atoms with Crippen LogP contribution in [0.4, 0.5) is 8.63 Å². The van der Waals surface area contributed by atoms with Crippen LogP contribution in [0.15, 0.2) is 32.5 Å². The van der Waals surface area contributed by atoms with Crippen molar-refractivity contribution in [3.05, 3.63) is 38.2 Å². The molecule has 7 heteroatoms. The predicted molar refractivity (Wildman–Crippen MR) is 76.0 cm³/mol. The Balaban J connectivity index is 2.38. The number of nitrogens with zero attached hydrogens (tertiary/aromatic N) is 2. The Kier molecular flexibility index (Phi) is 2.52. The molecule has 0 aromatic carbocycles. The minimum Gasteiger partial charge on any atom is -0.389 e. The van der Waals surface area contributed by atoms with Crippen LogP contribution in [0.2, 0.25) is 0 Å². The van der Waals surface area contributed by atoms with E-state index in [1.54, 1.807) is 25.1 Å². The molecule has 0 saturated heterocycles. The van der Waals surface area contributed by atoms with Gasteiger partial charge in [0.05, 0.1) is 9.09 Å². The van der Waals surface area contributed by atoms with Gasteiger partial charge >= 0.3 is 6.97 Å². The Morgan fingerprint density at radius 2 is 1.89 bits per heavy atom. The first-order valence-corrected chi connectivity index (χ1v) is 7.05. The largest absolute Gasteiger partial charge is 0.738 e. The zero-order valence-corrected chi connectivity index (χ0v) is 12.9. The number of hydrogen-bond acceptors (Lipinski definition) is 0. The van der Waals surface area contributed by atoms with Gasteiger partial charge in [0, 0.05) is 24.3 Å². The van der Waals surface area contributed by atoms with Crippen molar-refractivity contribution >= 4 is 50.6 Å². The predicted octanol–water partition coefficient (Wildman–Crippen LogP) is 3.98. The highest BCUT2D eigenvalue weighted by molar-refractivity contribution is 9.12. The summed E-state index contributed by atoms with van der Waals surface area (Å²) in [7, 11) is 0. The number of halogens is 4. The van der Waals surface area contributed by atoms with E-state index < -0.39 is 6.97 Å². The van der Waals surface area contributed by atoms with Crippen LogP contribution >= 0.6 is 31.9 Å². The zero-order chi connectivity index (χ0) is 13.2. The first kappa shape index (κ1) is 12.4. The molecule has 2 aliphatic heterocycles. The maximum Gasteiger partial charge on any atom is 0.738 e. The molecule has 0 bridgehead atoms. The minimum atomic E-state index is -3.85. The zero-order valence-electron chi connectivity index (χ0n) is 9.72. The normalized spacial score (nSPS) is 21.1. The molecule has 1 aromatic rings. The Labute approximate surface area is 120 Å². The van der Waals surface area contributed by atoms with Crippen LogP contribution in [0.25, 0.3) is 6.08 Å². The molecule has 0 aliphatic carbocycles. The Bertz CT molecular complexity index is 671. The van der Waals surface area contributed by atoms with Gasteiger partial charge in [-0.25, -0.2) is 0 Å². The molecule has 0 unspecified atom stereocenters. The van der Waals surface area contributed by atoms with Crippen LogP contribution in [-0.4, -0.2) is 21.6 Å². The lowest BCUT2D eigenvalue weighted by atomic mass is 9.91. The van der Waals surface area contributed by atoms with Crippen molar-refractivity contribution in [2.75, 3.05) is 0 Å². The van der Waals surface area contributed by atoms with E-state index in [-0.39, 0.29) is 0 Å². The monoisotopic (exact) mass is 376 g/mol. The first-order valence-electron chi connectivity index (χ1n) is 5.46. The summed E-state index contributed by atoms with van der Waals surface area (Å²) in [6.07, 6.45) is 1.79. The van der Waals surface area contributed by atoms with Crippen molar-refractivity contribution in [1.29, 1.82) is 0 Å². The molecule has 94 valence electrons. The fourth-order valence-electron chi connectivity index (χ4n) is 2.57. The van der Waals surface area contributed by atoms with Crippen molar-refractivity contribution < 1.29 is 13.1 Å². The molecule has 0 N–H and O–H groups in total. The molecule has 2 aliphatic rings. The highest BCUT2D eigenvalue weighted by Crippen LogP contribution is 2.39. The Morgan fingerprint density at radius 1 is 1.22 bits per heavy atom. The van der Waals surface area contributed by atoms with Gasteiger partial charge in [0.15, 0.2) is 5.70 Å². The SMILES string of the molecule is CC1=C(Br)C(C)=[N+]2C1=Cc1ccc(Br)n1[B-]2(F)F. The lowest BCUT2D eigenvalue weighted by Crippen LogP contribution is -2.50. The van der Waals surface area contributed by atoms with Crippen LogP contribution in [0.1, 0.15) is 19.5 Å². The number of hydrogen-bond donors (Lipinski definition) is 0. The van der Waals surface area contributed by atoms with E-state index in [0.717, 1.165) is 19.0 Å². The quantitative estimate of drug-likeness (QED) is 0.604. The Morgan fingerprint density at radius 3 is 2.56 bits per heavy atom. The van der Waals surface area contributed by atoms with Crippen molar-refractivity contribution in [3.8, 4) is 0 Å². The smallest absolute Gasteiger partial charge is 0.389 e. The summed E-state index contributed by atoms with van der Waals surface area (Å²) in [6.45, 7) is -0.302. The number of allylic oxidation sites excluding steroid dienone is 2. The third-order valence-corrected chi connectivity index (χ3v) is 5.27. The van der Waals surface area contributed by atoms with Crippen LogP contribution in [0, 0.1) is 0 Å². The second-order valence-electron chi connectivity index (χ2n) is 4.46. The van der Waals surface area contributed by atoms with Gasteiger partial charge < -0.3 is 17.6 Å². The van der Waals surface area contributed by atoms with Gasteiger partial charge in [-0.15, -0.1) is 0 Å². The topological polar surface area (TPSA) is 7.94 Å². The summed E-state index contributed by atoms with van der Waals surface area (Å²) in [5.41, 5.74) is 2.49. The maximum atomic E-state index is 14.7. The average Bonchev–Trinajstić information content (AvgIpc) is 2.76. The summed E-state index contributed by atoms with van der Waals surface area (Å²) >= 11 is 6.56. The van der Waals surface area contributed by atoms with E-state index in [9.17, 15) is 8.63 Å². The van der Waals surface area contributed by atoms with E-state index in [0.29, 0.717) is 21.7 Å². The van der Waals surface area contributed by atoms with E-state index in [4.69, 9.17) is 0 Å². The van der Waals surface area contributed by atoms with Gasteiger partial charge in [-0.2, -0.15) is 0 Å². The van der Waals surface area contributed by atoms with Crippen molar-refractivity contribution in [2.24, 2.45) is 0 Å². The standard InChI is InChI=1S/C11H9BBr2F2N2/c1-6-9-5-8-3-4-10(13)18(8)12(15,16)17(9)7(2)11(6)14/h3-5H,1-2H3. The van der Waals surface area contributed by atoms with Gasteiger partial charge in [-0.05, 0) is 50.9 Å². The molecule has 0 atom stereocenters. The molecule has 1 aromatic heterocycles. The van der Waals surface area contributed by atoms with E-state index in [1.807, 2.05) is 6.92 Å². The molecule has 0 amide bonds. The van der Waals surface area contributed by atoms with Crippen LogP contribution in [0.5, 0.6) is 0 Å². The number of fused-ring (bicyclic) bond motifs is 2. The molecule has 0 spiro atoms. The van der Waals surface area contributed by atoms with Crippen LogP contribution < -0.4 is 0 Å². The molecule has 3 rings (SSSR count). The summed E-state index contributed by atoms with van der Waals surface area (Å²) in [5.74, 6) is 0. The molecule has 2 nitrogen and oxygen atoms in total. The fraction of sp³-hybridized carbons (Fsp3) is 0.182. The van der Waals surface area contributed by atoms with Crippen molar-refractivity contribution in [3.63, 3.8) is 0 Å². The van der Waals surface area contributed by atoms with E-state index >= 15 is 0 Å². The molecule has 0 fully saturated rings. The van der Waals surface area contributed by atoms with Crippen LogP contribution in [0.3, 0.4) is 0 Å².